The van der Waals surface area contributed by atoms with Gasteiger partial charge in [-0.05, 0) is 93.1 Å². The number of hydrogen-bond donors (Lipinski definition) is 1. The number of benzene rings is 2. The third-order valence-electron chi connectivity index (χ3n) is 6.54. The first kappa shape index (κ1) is 23.2. The predicted octanol–water partition coefficient (Wildman–Crippen LogP) is 5.54. The van der Waals surface area contributed by atoms with E-state index in [4.69, 9.17) is 0 Å². The zero-order valence-electron chi connectivity index (χ0n) is 19.5. The lowest BCUT2D eigenvalue weighted by Crippen LogP contribution is -2.54. The van der Waals surface area contributed by atoms with Crippen molar-refractivity contribution >= 4 is 51.2 Å². The molecular weight excluding hydrogens is 482 g/mol. The van der Waals surface area contributed by atoms with Gasteiger partial charge in [-0.25, -0.2) is 9.69 Å². The molecule has 0 spiro atoms. The summed E-state index contributed by atoms with van der Waals surface area (Å²) in [7, 11) is 0. The van der Waals surface area contributed by atoms with Crippen molar-refractivity contribution in [3.63, 3.8) is 0 Å². The molecule has 33 heavy (non-hydrogen) atoms. The van der Waals surface area contributed by atoms with Crippen LogP contribution in [0, 0.1) is 6.92 Å². The van der Waals surface area contributed by atoms with E-state index in [1.165, 1.54) is 11.3 Å². The van der Waals surface area contributed by atoms with Gasteiger partial charge in [0.2, 0.25) is 0 Å². The molecular formula is C26H28BrN3O3. The Hall–Kier alpha value is -2.93. The molecule has 4 amide bonds. The number of anilines is 2. The number of hydrogen-bond acceptors (Lipinski definition) is 4. The maximum atomic E-state index is 13.3. The molecule has 2 aromatic carbocycles. The summed E-state index contributed by atoms with van der Waals surface area (Å²) in [4.78, 5) is 41.9. The minimum Gasteiger partial charge on any atom is -0.366 e. The Morgan fingerprint density at radius 3 is 2.48 bits per heavy atom. The summed E-state index contributed by atoms with van der Waals surface area (Å²) in [6.45, 7) is 11.6. The highest BCUT2D eigenvalue weighted by Crippen LogP contribution is 2.43. The fourth-order valence-electron chi connectivity index (χ4n) is 5.11. The fourth-order valence-corrected chi connectivity index (χ4v) is 5.59. The second-order valence-corrected chi connectivity index (χ2v) is 10.3. The van der Waals surface area contributed by atoms with Crippen molar-refractivity contribution in [1.29, 1.82) is 0 Å². The van der Waals surface area contributed by atoms with Crippen molar-refractivity contribution < 1.29 is 14.4 Å². The second-order valence-electron chi connectivity index (χ2n) is 9.37. The zero-order chi connectivity index (χ0) is 24.1. The first-order valence-electron chi connectivity index (χ1n) is 11.1. The average Bonchev–Trinajstić information content (AvgIpc) is 2.72. The third kappa shape index (κ3) is 4.10. The summed E-state index contributed by atoms with van der Waals surface area (Å²) in [5.41, 5.74) is 4.33. The molecule has 1 unspecified atom stereocenters. The quantitative estimate of drug-likeness (QED) is 0.435. The SMILES string of the molecule is CCN1c2ccc(/C=C3\C(=O)NC(=O)N(c4ccc(Br)cc4C)C3=O)cc2C(C)CC1(C)C. The number of rotatable bonds is 3. The number of nitrogens with zero attached hydrogens (tertiary/aromatic N) is 2. The standard InChI is InChI=1S/C26H28BrN3O3/c1-6-29-22-9-7-17(12-19(22)16(3)14-26(29,4)5)13-20-23(31)28-25(33)30(24(20)32)21-10-8-18(27)11-15(21)2/h7-13,16H,6,14H2,1-5H3,(H,28,31,33)/b20-13+. The highest BCUT2D eigenvalue weighted by Gasteiger charge is 2.38. The minimum atomic E-state index is -0.743. The highest BCUT2D eigenvalue weighted by molar-refractivity contribution is 9.10. The summed E-state index contributed by atoms with van der Waals surface area (Å²) in [6.07, 6.45) is 2.59. The fraction of sp³-hybridized carbons (Fsp3) is 0.346. The normalized spacial score (nSPS) is 21.3. The van der Waals surface area contributed by atoms with Crippen LogP contribution in [0.15, 0.2) is 46.4 Å². The number of carbonyl (C=O) groups is 3. The Labute approximate surface area is 202 Å². The minimum absolute atomic E-state index is 0.0593. The average molecular weight is 510 g/mol. The van der Waals surface area contributed by atoms with Crippen LogP contribution in [0.5, 0.6) is 0 Å². The topological polar surface area (TPSA) is 69.7 Å². The first-order chi connectivity index (χ1) is 15.5. The van der Waals surface area contributed by atoms with Crippen molar-refractivity contribution in [3.05, 3.63) is 63.1 Å². The number of halogens is 1. The first-order valence-corrected chi connectivity index (χ1v) is 11.9. The molecule has 0 bridgehead atoms. The van der Waals surface area contributed by atoms with E-state index in [2.05, 4.69) is 66.0 Å². The molecule has 1 saturated heterocycles. The van der Waals surface area contributed by atoms with Gasteiger partial charge in [0, 0.05) is 22.2 Å². The van der Waals surface area contributed by atoms with Crippen LogP contribution >= 0.6 is 15.9 Å². The van der Waals surface area contributed by atoms with Crippen molar-refractivity contribution in [2.45, 2.75) is 52.5 Å². The second kappa shape index (κ2) is 8.45. The van der Waals surface area contributed by atoms with Gasteiger partial charge in [-0.1, -0.05) is 28.9 Å². The lowest BCUT2D eigenvalue weighted by Gasteiger charge is -2.47. The molecule has 2 heterocycles. The van der Waals surface area contributed by atoms with Crippen LogP contribution in [0.3, 0.4) is 0 Å². The molecule has 4 rings (SSSR count). The van der Waals surface area contributed by atoms with Gasteiger partial charge in [0.15, 0.2) is 0 Å². The van der Waals surface area contributed by atoms with Crippen LogP contribution in [0.2, 0.25) is 0 Å². The van der Waals surface area contributed by atoms with Crippen LogP contribution < -0.4 is 15.1 Å². The molecule has 7 heteroatoms. The van der Waals surface area contributed by atoms with Crippen molar-refractivity contribution in [2.75, 3.05) is 16.3 Å². The monoisotopic (exact) mass is 509 g/mol. The summed E-state index contributed by atoms with van der Waals surface area (Å²) in [5.74, 6) is -0.968. The molecule has 172 valence electrons. The smallest absolute Gasteiger partial charge is 0.335 e. The van der Waals surface area contributed by atoms with E-state index in [0.717, 1.165) is 33.5 Å². The van der Waals surface area contributed by atoms with Crippen LogP contribution in [0.1, 0.15) is 56.7 Å². The van der Waals surface area contributed by atoms with E-state index in [1.54, 1.807) is 18.2 Å². The van der Waals surface area contributed by atoms with E-state index in [0.29, 0.717) is 11.6 Å². The molecule has 0 saturated carbocycles. The Morgan fingerprint density at radius 2 is 1.82 bits per heavy atom. The van der Waals surface area contributed by atoms with E-state index >= 15 is 0 Å². The van der Waals surface area contributed by atoms with Crippen molar-refractivity contribution in [2.24, 2.45) is 0 Å². The number of nitrogens with one attached hydrogen (secondary N) is 1. The van der Waals surface area contributed by atoms with Gasteiger partial charge in [-0.2, -0.15) is 0 Å². The lowest BCUT2D eigenvalue weighted by atomic mass is 9.79. The Morgan fingerprint density at radius 1 is 1.12 bits per heavy atom. The highest BCUT2D eigenvalue weighted by atomic mass is 79.9. The number of urea groups is 1. The van der Waals surface area contributed by atoms with E-state index in [9.17, 15) is 14.4 Å². The Bertz CT molecular complexity index is 1200. The van der Waals surface area contributed by atoms with E-state index in [1.807, 2.05) is 19.1 Å². The Balaban J connectivity index is 1.74. The van der Waals surface area contributed by atoms with Gasteiger partial charge >= 0.3 is 6.03 Å². The van der Waals surface area contributed by atoms with Gasteiger partial charge in [0.1, 0.15) is 5.57 Å². The summed E-state index contributed by atoms with van der Waals surface area (Å²) in [5, 5.41) is 2.31. The molecule has 0 aromatic heterocycles. The molecule has 0 aliphatic carbocycles. The maximum Gasteiger partial charge on any atom is 0.335 e. The molecule has 2 aliphatic rings. The van der Waals surface area contributed by atoms with E-state index in [-0.39, 0.29) is 11.1 Å². The zero-order valence-corrected chi connectivity index (χ0v) is 21.1. The number of aryl methyl sites for hydroxylation is 1. The van der Waals surface area contributed by atoms with Crippen molar-refractivity contribution in [3.8, 4) is 0 Å². The largest absolute Gasteiger partial charge is 0.366 e. The van der Waals surface area contributed by atoms with Gasteiger partial charge in [0.05, 0.1) is 5.69 Å². The number of carbonyl (C=O) groups excluding carboxylic acids is 3. The van der Waals surface area contributed by atoms with Crippen LogP contribution in [0.4, 0.5) is 16.2 Å². The van der Waals surface area contributed by atoms with Crippen molar-refractivity contribution in [1.82, 2.24) is 5.32 Å². The summed E-state index contributed by atoms with van der Waals surface area (Å²) < 4.78 is 0.841. The molecule has 1 N–H and O–H groups in total. The molecule has 6 nitrogen and oxygen atoms in total. The molecule has 2 aromatic rings. The van der Waals surface area contributed by atoms with Crippen LogP contribution in [-0.2, 0) is 9.59 Å². The van der Waals surface area contributed by atoms with E-state index < -0.39 is 17.8 Å². The molecule has 2 aliphatic heterocycles. The maximum absolute atomic E-state index is 13.3. The third-order valence-corrected chi connectivity index (χ3v) is 7.03. The van der Waals surface area contributed by atoms with Gasteiger partial charge in [0.25, 0.3) is 11.8 Å². The molecule has 1 fully saturated rings. The van der Waals surface area contributed by atoms with Gasteiger partial charge in [-0.3, -0.25) is 14.9 Å². The predicted molar refractivity (Wildman–Crippen MR) is 134 cm³/mol. The summed E-state index contributed by atoms with van der Waals surface area (Å²) in [6, 6.07) is 10.6. The molecule has 0 radical (unpaired) electrons. The van der Waals surface area contributed by atoms with Gasteiger partial charge < -0.3 is 4.90 Å². The number of imide groups is 2. The number of amides is 4. The number of barbiturate groups is 1. The Kier molecular flexibility index (Phi) is 5.95. The van der Waals surface area contributed by atoms with Gasteiger partial charge in [-0.15, -0.1) is 0 Å². The summed E-state index contributed by atoms with van der Waals surface area (Å²) >= 11 is 3.39. The molecule has 1 atom stereocenters. The lowest BCUT2D eigenvalue weighted by molar-refractivity contribution is -0.122. The number of fused-ring (bicyclic) bond motifs is 1. The van der Waals surface area contributed by atoms with Crippen LogP contribution in [-0.4, -0.2) is 29.9 Å². The van der Waals surface area contributed by atoms with Crippen LogP contribution in [0.25, 0.3) is 6.08 Å².